The predicted molar refractivity (Wildman–Crippen MR) is 75.5 cm³/mol. The SMILES string of the molecule is CC(C)c1ncc(Cl)c(C(=O)NC2CCCCC2)n1. The summed E-state index contributed by atoms with van der Waals surface area (Å²) in [6.07, 6.45) is 7.23. The summed E-state index contributed by atoms with van der Waals surface area (Å²) in [4.78, 5) is 20.6. The lowest BCUT2D eigenvalue weighted by atomic mass is 9.95. The third kappa shape index (κ3) is 3.66. The van der Waals surface area contributed by atoms with E-state index in [1.807, 2.05) is 13.8 Å². The van der Waals surface area contributed by atoms with Crippen molar-refractivity contribution in [3.63, 3.8) is 0 Å². The first kappa shape index (κ1) is 14.3. The van der Waals surface area contributed by atoms with Gasteiger partial charge in [-0.15, -0.1) is 0 Å². The van der Waals surface area contributed by atoms with Crippen LogP contribution in [0.2, 0.25) is 5.02 Å². The molecule has 1 N–H and O–H groups in total. The van der Waals surface area contributed by atoms with Crippen LogP contribution in [0.15, 0.2) is 6.20 Å². The highest BCUT2D eigenvalue weighted by Crippen LogP contribution is 2.20. The molecule has 1 amide bonds. The molecule has 1 heterocycles. The fourth-order valence-corrected chi connectivity index (χ4v) is 2.50. The highest BCUT2D eigenvalue weighted by atomic mass is 35.5. The van der Waals surface area contributed by atoms with Crippen LogP contribution in [0.3, 0.4) is 0 Å². The number of rotatable bonds is 3. The maximum absolute atomic E-state index is 12.2. The van der Waals surface area contributed by atoms with Crippen molar-refractivity contribution in [2.24, 2.45) is 0 Å². The van der Waals surface area contributed by atoms with Crippen LogP contribution < -0.4 is 5.32 Å². The van der Waals surface area contributed by atoms with Crippen molar-refractivity contribution in [3.8, 4) is 0 Å². The molecule has 0 saturated heterocycles. The minimum atomic E-state index is -0.179. The molecule has 0 aliphatic heterocycles. The Morgan fingerprint density at radius 1 is 1.37 bits per heavy atom. The van der Waals surface area contributed by atoms with E-state index in [2.05, 4.69) is 15.3 Å². The molecule has 1 aromatic heterocycles. The molecule has 1 aliphatic rings. The van der Waals surface area contributed by atoms with Crippen molar-refractivity contribution >= 4 is 17.5 Å². The lowest BCUT2D eigenvalue weighted by molar-refractivity contribution is 0.0922. The number of aromatic nitrogens is 2. The second kappa shape index (κ2) is 6.33. The van der Waals surface area contributed by atoms with Crippen molar-refractivity contribution < 1.29 is 4.79 Å². The number of hydrogen-bond acceptors (Lipinski definition) is 3. The standard InChI is InChI=1S/C14H20ClN3O/c1-9(2)13-16-8-11(15)12(18-13)14(19)17-10-6-4-3-5-7-10/h8-10H,3-7H2,1-2H3,(H,17,19). The molecule has 0 bridgehead atoms. The highest BCUT2D eigenvalue weighted by Gasteiger charge is 2.20. The summed E-state index contributed by atoms with van der Waals surface area (Å²) in [5, 5.41) is 3.35. The van der Waals surface area contributed by atoms with Crippen LogP contribution in [-0.2, 0) is 0 Å². The maximum Gasteiger partial charge on any atom is 0.271 e. The number of carbonyl (C=O) groups excluding carboxylic acids is 1. The van der Waals surface area contributed by atoms with Crippen molar-refractivity contribution in [1.82, 2.24) is 15.3 Å². The maximum atomic E-state index is 12.2. The van der Waals surface area contributed by atoms with Gasteiger partial charge in [-0.2, -0.15) is 0 Å². The molecule has 19 heavy (non-hydrogen) atoms. The molecule has 1 aliphatic carbocycles. The third-order valence-corrected chi connectivity index (χ3v) is 3.71. The number of carbonyl (C=O) groups is 1. The van der Waals surface area contributed by atoms with E-state index < -0.39 is 0 Å². The number of amides is 1. The largest absolute Gasteiger partial charge is 0.348 e. The van der Waals surface area contributed by atoms with Gasteiger partial charge < -0.3 is 5.32 Å². The normalized spacial score (nSPS) is 16.6. The molecule has 0 unspecified atom stereocenters. The van der Waals surface area contributed by atoms with Crippen molar-refractivity contribution in [2.45, 2.75) is 57.9 Å². The van der Waals surface area contributed by atoms with Gasteiger partial charge in [0.2, 0.25) is 0 Å². The van der Waals surface area contributed by atoms with Crippen LogP contribution in [0.25, 0.3) is 0 Å². The van der Waals surface area contributed by atoms with E-state index in [1.54, 1.807) is 0 Å². The molecule has 4 nitrogen and oxygen atoms in total. The average Bonchev–Trinajstić information content (AvgIpc) is 2.40. The van der Waals surface area contributed by atoms with Gasteiger partial charge in [-0.1, -0.05) is 44.7 Å². The van der Waals surface area contributed by atoms with Crippen molar-refractivity contribution in [2.75, 3.05) is 0 Å². The summed E-state index contributed by atoms with van der Waals surface area (Å²) in [5.74, 6) is 0.651. The van der Waals surface area contributed by atoms with E-state index in [4.69, 9.17) is 11.6 Å². The Balaban J connectivity index is 2.11. The summed E-state index contributed by atoms with van der Waals surface area (Å²) in [5.41, 5.74) is 0.297. The molecule has 5 heteroatoms. The molecule has 2 rings (SSSR count). The van der Waals surface area contributed by atoms with Crippen LogP contribution in [0.4, 0.5) is 0 Å². The topological polar surface area (TPSA) is 54.9 Å². The molecular formula is C14H20ClN3O. The highest BCUT2D eigenvalue weighted by molar-refractivity contribution is 6.33. The minimum Gasteiger partial charge on any atom is -0.348 e. The zero-order valence-corrected chi connectivity index (χ0v) is 12.2. The van der Waals surface area contributed by atoms with Gasteiger partial charge in [-0.3, -0.25) is 4.79 Å². The molecule has 0 atom stereocenters. The molecule has 0 radical (unpaired) electrons. The molecule has 1 fully saturated rings. The fraction of sp³-hybridized carbons (Fsp3) is 0.643. The predicted octanol–water partition coefficient (Wildman–Crippen LogP) is 3.32. The van der Waals surface area contributed by atoms with E-state index in [0.29, 0.717) is 16.5 Å². The molecule has 1 saturated carbocycles. The van der Waals surface area contributed by atoms with Crippen LogP contribution >= 0.6 is 11.6 Å². The van der Waals surface area contributed by atoms with Gasteiger partial charge in [0.05, 0.1) is 11.2 Å². The quantitative estimate of drug-likeness (QED) is 0.925. The second-order valence-corrected chi connectivity index (χ2v) is 5.80. The van der Waals surface area contributed by atoms with Gasteiger partial charge in [0, 0.05) is 12.0 Å². The first-order valence-electron chi connectivity index (χ1n) is 6.91. The summed E-state index contributed by atoms with van der Waals surface area (Å²) < 4.78 is 0. The monoisotopic (exact) mass is 281 g/mol. The number of nitrogens with zero attached hydrogens (tertiary/aromatic N) is 2. The molecule has 104 valence electrons. The van der Waals surface area contributed by atoms with Gasteiger partial charge in [-0.25, -0.2) is 9.97 Å². The van der Waals surface area contributed by atoms with Gasteiger partial charge in [0.25, 0.3) is 5.91 Å². The van der Waals surface area contributed by atoms with Crippen LogP contribution in [0.5, 0.6) is 0 Å². The van der Waals surface area contributed by atoms with Gasteiger partial charge in [0.15, 0.2) is 0 Å². The smallest absolute Gasteiger partial charge is 0.271 e. The number of halogens is 1. The zero-order chi connectivity index (χ0) is 13.8. The molecule has 0 spiro atoms. The Kier molecular flexibility index (Phi) is 4.75. The number of nitrogens with one attached hydrogen (secondary N) is 1. The van der Waals surface area contributed by atoms with Gasteiger partial charge in [0.1, 0.15) is 11.5 Å². The first-order valence-corrected chi connectivity index (χ1v) is 7.29. The van der Waals surface area contributed by atoms with Crippen LogP contribution in [0, 0.1) is 0 Å². The molecular weight excluding hydrogens is 262 g/mol. The Bertz CT molecular complexity index is 456. The fourth-order valence-electron chi connectivity index (χ4n) is 2.32. The van der Waals surface area contributed by atoms with Gasteiger partial charge >= 0.3 is 0 Å². The van der Waals surface area contributed by atoms with E-state index >= 15 is 0 Å². The first-order chi connectivity index (χ1) is 9.08. The van der Waals surface area contributed by atoms with Crippen LogP contribution in [0.1, 0.15) is 68.2 Å². The van der Waals surface area contributed by atoms with E-state index in [0.717, 1.165) is 12.8 Å². The van der Waals surface area contributed by atoms with Crippen molar-refractivity contribution in [3.05, 3.63) is 22.7 Å². The molecule has 0 aromatic carbocycles. The number of hydrogen-bond donors (Lipinski definition) is 1. The minimum absolute atomic E-state index is 0.179. The van der Waals surface area contributed by atoms with E-state index in [-0.39, 0.29) is 17.9 Å². The lowest BCUT2D eigenvalue weighted by Crippen LogP contribution is -2.36. The summed E-state index contributed by atoms with van der Waals surface area (Å²) in [6.45, 7) is 3.98. The Labute approximate surface area is 119 Å². The second-order valence-electron chi connectivity index (χ2n) is 5.39. The Morgan fingerprint density at radius 2 is 2.05 bits per heavy atom. The summed E-state index contributed by atoms with van der Waals surface area (Å²) in [6, 6.07) is 0.259. The summed E-state index contributed by atoms with van der Waals surface area (Å²) >= 11 is 6.03. The van der Waals surface area contributed by atoms with E-state index in [9.17, 15) is 4.79 Å². The third-order valence-electron chi connectivity index (χ3n) is 3.43. The van der Waals surface area contributed by atoms with Crippen LogP contribution in [-0.4, -0.2) is 21.9 Å². The van der Waals surface area contributed by atoms with E-state index in [1.165, 1.54) is 25.5 Å². The van der Waals surface area contributed by atoms with Crippen molar-refractivity contribution in [1.29, 1.82) is 0 Å². The Morgan fingerprint density at radius 3 is 2.68 bits per heavy atom. The molecule has 1 aromatic rings. The lowest BCUT2D eigenvalue weighted by Gasteiger charge is -2.22. The van der Waals surface area contributed by atoms with Gasteiger partial charge in [-0.05, 0) is 12.8 Å². The Hall–Kier alpha value is -1.16. The zero-order valence-electron chi connectivity index (χ0n) is 11.4. The summed E-state index contributed by atoms with van der Waals surface area (Å²) in [7, 11) is 0. The average molecular weight is 282 g/mol.